The molecule has 1 aromatic carbocycles. The molecular formula is C31H29ClF4N4O2. The van der Waals surface area contributed by atoms with Gasteiger partial charge in [0.25, 0.3) is 0 Å². The van der Waals surface area contributed by atoms with Crippen molar-refractivity contribution in [2.75, 3.05) is 11.9 Å². The smallest absolute Gasteiger partial charge is 0.343 e. The van der Waals surface area contributed by atoms with Gasteiger partial charge in [-0.05, 0) is 68.0 Å². The molecule has 11 heteroatoms. The first kappa shape index (κ1) is 28.5. The topological polar surface area (TPSA) is 67.2 Å². The number of hydrogen-bond donors (Lipinski definition) is 1. The molecule has 0 spiro atoms. The second-order valence-electron chi connectivity index (χ2n) is 11.3. The van der Waals surface area contributed by atoms with E-state index in [4.69, 9.17) is 11.6 Å². The molecule has 3 aromatic rings. The predicted molar refractivity (Wildman–Crippen MR) is 151 cm³/mol. The number of anilines is 1. The number of halogens is 5. The first-order valence-electron chi connectivity index (χ1n) is 14.1. The number of alkyl halides is 3. The lowest BCUT2D eigenvalue weighted by Gasteiger charge is -2.35. The van der Waals surface area contributed by atoms with Crippen molar-refractivity contribution in [3.63, 3.8) is 0 Å². The zero-order valence-electron chi connectivity index (χ0n) is 22.8. The second-order valence-corrected chi connectivity index (χ2v) is 11.7. The van der Waals surface area contributed by atoms with Crippen LogP contribution >= 0.6 is 11.6 Å². The van der Waals surface area contributed by atoms with Crippen LogP contribution in [-0.4, -0.2) is 32.8 Å². The average Bonchev–Trinajstić information content (AvgIpc) is 3.71. The number of aromatic nitrogens is 2. The highest BCUT2D eigenvalue weighted by molar-refractivity contribution is 6.31. The van der Waals surface area contributed by atoms with Crippen molar-refractivity contribution in [1.29, 1.82) is 0 Å². The van der Waals surface area contributed by atoms with E-state index < -0.39 is 40.1 Å². The van der Waals surface area contributed by atoms with Crippen LogP contribution in [0.3, 0.4) is 0 Å². The Morgan fingerprint density at radius 2 is 1.86 bits per heavy atom. The third kappa shape index (κ3) is 5.32. The predicted octanol–water partition coefficient (Wildman–Crippen LogP) is 7.81. The minimum absolute atomic E-state index is 0.00968. The van der Waals surface area contributed by atoms with Gasteiger partial charge in [0.2, 0.25) is 11.8 Å². The van der Waals surface area contributed by atoms with Gasteiger partial charge in [0, 0.05) is 48.1 Å². The summed E-state index contributed by atoms with van der Waals surface area (Å²) in [6, 6.07) is 7.18. The summed E-state index contributed by atoms with van der Waals surface area (Å²) in [5.74, 6) is -2.08. The quantitative estimate of drug-likeness (QED) is 0.312. The van der Waals surface area contributed by atoms with Crippen molar-refractivity contribution >= 4 is 34.7 Å². The molecule has 1 aliphatic carbocycles. The Hall–Kier alpha value is -3.66. The SMILES string of the molecule is C[C@@H]1CCC[C@H](N2CCC(c3c(C(F)(F)F)ccc(Cl)c3F)=CC2=O)c2cc(ccn2)-c2c(ccn2C2CC2)NC1=O. The Bertz CT molecular complexity index is 1590. The molecule has 3 aliphatic rings. The summed E-state index contributed by atoms with van der Waals surface area (Å²) >= 11 is 5.85. The maximum absolute atomic E-state index is 15.0. The van der Waals surface area contributed by atoms with E-state index in [1.54, 1.807) is 11.1 Å². The number of hydrogen-bond acceptors (Lipinski definition) is 3. The van der Waals surface area contributed by atoms with E-state index in [1.807, 2.05) is 31.3 Å². The minimum atomic E-state index is -4.82. The Balaban J connectivity index is 1.39. The van der Waals surface area contributed by atoms with Crippen LogP contribution in [0.15, 0.2) is 48.8 Å². The Kier molecular flexibility index (Phi) is 7.37. The van der Waals surface area contributed by atoms with Crippen LogP contribution in [0.2, 0.25) is 5.02 Å². The normalized spacial score (nSPS) is 21.7. The number of pyridine rings is 1. The highest BCUT2D eigenvalue weighted by Crippen LogP contribution is 2.44. The summed E-state index contributed by atoms with van der Waals surface area (Å²) in [4.78, 5) is 32.8. The number of carbonyl (C=O) groups is 2. The molecule has 42 heavy (non-hydrogen) atoms. The Morgan fingerprint density at radius 1 is 1.07 bits per heavy atom. The lowest BCUT2D eigenvalue weighted by Crippen LogP contribution is -2.38. The van der Waals surface area contributed by atoms with Crippen LogP contribution in [-0.2, 0) is 15.8 Å². The molecule has 220 valence electrons. The van der Waals surface area contributed by atoms with E-state index in [1.165, 1.54) is 0 Å². The summed E-state index contributed by atoms with van der Waals surface area (Å²) in [5.41, 5.74) is 1.20. The van der Waals surface area contributed by atoms with Gasteiger partial charge >= 0.3 is 6.18 Å². The minimum Gasteiger partial charge on any atom is -0.343 e. The van der Waals surface area contributed by atoms with Gasteiger partial charge in [-0.15, -0.1) is 0 Å². The fourth-order valence-electron chi connectivity index (χ4n) is 6.02. The number of amides is 2. The van der Waals surface area contributed by atoms with Crippen molar-refractivity contribution in [2.45, 2.75) is 63.7 Å². The number of carbonyl (C=O) groups excluding carboxylic acids is 2. The van der Waals surface area contributed by atoms with E-state index in [0.29, 0.717) is 31.0 Å². The fourth-order valence-corrected chi connectivity index (χ4v) is 6.18. The van der Waals surface area contributed by atoms with Gasteiger partial charge in [0.15, 0.2) is 0 Å². The van der Waals surface area contributed by atoms with Crippen LogP contribution in [0.25, 0.3) is 16.8 Å². The molecule has 1 N–H and O–H groups in total. The molecule has 4 heterocycles. The van der Waals surface area contributed by atoms with Crippen molar-refractivity contribution in [3.05, 3.63) is 76.5 Å². The molecule has 6 nitrogen and oxygen atoms in total. The Morgan fingerprint density at radius 3 is 2.57 bits per heavy atom. The van der Waals surface area contributed by atoms with Crippen molar-refractivity contribution in [1.82, 2.24) is 14.5 Å². The summed E-state index contributed by atoms with van der Waals surface area (Å²) < 4.78 is 58.4. The number of nitrogens with zero attached hydrogens (tertiary/aromatic N) is 3. The average molecular weight is 601 g/mol. The number of benzene rings is 1. The van der Waals surface area contributed by atoms with Gasteiger partial charge in [0.05, 0.1) is 33.7 Å². The molecule has 1 fully saturated rings. The van der Waals surface area contributed by atoms with E-state index in [2.05, 4.69) is 14.9 Å². The van der Waals surface area contributed by atoms with Crippen LogP contribution in [0.1, 0.15) is 74.4 Å². The molecule has 2 atom stereocenters. The molecule has 6 rings (SSSR count). The third-order valence-electron chi connectivity index (χ3n) is 8.37. The van der Waals surface area contributed by atoms with Crippen LogP contribution in [0.5, 0.6) is 0 Å². The van der Waals surface area contributed by atoms with Gasteiger partial charge < -0.3 is 14.8 Å². The second kappa shape index (κ2) is 10.9. The van der Waals surface area contributed by atoms with Crippen LogP contribution < -0.4 is 5.32 Å². The van der Waals surface area contributed by atoms with Crippen molar-refractivity contribution in [3.8, 4) is 11.3 Å². The lowest BCUT2D eigenvalue weighted by molar-refractivity contribution is -0.138. The van der Waals surface area contributed by atoms with Gasteiger partial charge in [-0.2, -0.15) is 13.2 Å². The van der Waals surface area contributed by atoms with Crippen LogP contribution in [0, 0.1) is 11.7 Å². The summed E-state index contributed by atoms with van der Waals surface area (Å²) in [5, 5.41) is 2.65. The molecule has 0 radical (unpaired) electrons. The van der Waals surface area contributed by atoms with E-state index >= 15 is 0 Å². The summed E-state index contributed by atoms with van der Waals surface area (Å²) in [6.45, 7) is 1.94. The number of fused-ring (bicyclic) bond motifs is 4. The largest absolute Gasteiger partial charge is 0.417 e. The van der Waals surface area contributed by atoms with Crippen molar-refractivity contribution in [2.24, 2.45) is 5.92 Å². The maximum Gasteiger partial charge on any atom is 0.417 e. The third-order valence-corrected chi connectivity index (χ3v) is 8.66. The van der Waals surface area contributed by atoms with E-state index in [-0.39, 0.29) is 30.4 Å². The monoisotopic (exact) mass is 600 g/mol. The Labute approximate surface area is 245 Å². The van der Waals surface area contributed by atoms with E-state index in [0.717, 1.165) is 48.0 Å². The molecule has 2 bridgehead atoms. The zero-order chi connectivity index (χ0) is 29.8. The van der Waals surface area contributed by atoms with Gasteiger partial charge in [-0.3, -0.25) is 14.6 Å². The molecule has 0 saturated heterocycles. The maximum atomic E-state index is 15.0. The molecule has 0 unspecified atom stereocenters. The fraction of sp³-hybridized carbons (Fsp3) is 0.387. The highest BCUT2D eigenvalue weighted by Gasteiger charge is 2.38. The van der Waals surface area contributed by atoms with Gasteiger partial charge in [0.1, 0.15) is 5.82 Å². The summed E-state index contributed by atoms with van der Waals surface area (Å²) in [7, 11) is 0. The molecule has 2 amide bonds. The standard InChI is InChI=1S/C31H29ClF4N4O2/c1-17-3-2-4-25(24-15-19(9-12-37-24)29-23(38-30(17)42)11-14-39(29)20-5-6-20)40-13-10-18(16-26(40)41)27-21(31(34,35)36)7-8-22(32)28(27)33/h7-9,11-12,14-17,20,25H,2-6,10,13H2,1H3,(H,38,42)/t17-,25+/m1/s1. The lowest BCUT2D eigenvalue weighted by atomic mass is 9.91. The van der Waals surface area contributed by atoms with Crippen LogP contribution in [0.4, 0.5) is 23.2 Å². The molecular weight excluding hydrogens is 572 g/mol. The van der Waals surface area contributed by atoms with Gasteiger partial charge in [-0.1, -0.05) is 24.9 Å². The van der Waals surface area contributed by atoms with E-state index in [9.17, 15) is 27.2 Å². The number of rotatable bonds is 3. The highest BCUT2D eigenvalue weighted by atomic mass is 35.5. The molecule has 1 saturated carbocycles. The summed E-state index contributed by atoms with van der Waals surface area (Å²) in [6.07, 6.45) is 3.71. The van der Waals surface area contributed by atoms with Gasteiger partial charge in [-0.25, -0.2) is 4.39 Å². The zero-order valence-corrected chi connectivity index (χ0v) is 23.6. The molecule has 2 aromatic heterocycles. The van der Waals surface area contributed by atoms with Crippen molar-refractivity contribution < 1.29 is 27.2 Å². The first-order valence-corrected chi connectivity index (χ1v) is 14.5. The molecule has 2 aliphatic heterocycles. The number of nitrogens with one attached hydrogen (secondary N) is 1. The first-order chi connectivity index (χ1) is 20.0.